The molecule has 2 atom stereocenters. The summed E-state index contributed by atoms with van der Waals surface area (Å²) in [5.41, 5.74) is 10.0. The van der Waals surface area contributed by atoms with E-state index in [1.54, 1.807) is 18.3 Å². The molecule has 0 spiro atoms. The Bertz CT molecular complexity index is 1270. The smallest absolute Gasteiger partial charge is 0.155 e. The van der Waals surface area contributed by atoms with Crippen LogP contribution >= 0.6 is 0 Å². The predicted molar refractivity (Wildman–Crippen MR) is 112 cm³/mol. The van der Waals surface area contributed by atoms with Crippen LogP contribution in [0.25, 0.3) is 10.9 Å². The van der Waals surface area contributed by atoms with Crippen LogP contribution in [0.5, 0.6) is 0 Å². The third-order valence-electron chi connectivity index (χ3n) is 5.52. The van der Waals surface area contributed by atoms with E-state index in [1.807, 2.05) is 36.4 Å². The van der Waals surface area contributed by atoms with Crippen molar-refractivity contribution in [2.24, 2.45) is 10.9 Å². The number of aromatic nitrogens is 3. The zero-order chi connectivity index (χ0) is 20.0. The maximum Gasteiger partial charge on any atom is 0.155 e. The number of nitrogens with two attached hydrogens (primary N) is 1. The standard InChI is InChI=1S/C23H18FN5/c1-13-19(15-7-4-8-17-21(15)27-12-28-22(17)25)16-9-5-11-26-23(16)29-20(13)14-6-2-3-10-18(14)24/h2-13,19H,1H3,(H2,25,27,28). The summed E-state index contributed by atoms with van der Waals surface area (Å²) in [4.78, 5) is 17.8. The number of hydrogen-bond donors (Lipinski definition) is 1. The van der Waals surface area contributed by atoms with Crippen molar-refractivity contribution in [3.8, 4) is 0 Å². The summed E-state index contributed by atoms with van der Waals surface area (Å²) in [5.74, 6) is 0.567. The molecule has 1 aliphatic heterocycles. The molecule has 0 fully saturated rings. The van der Waals surface area contributed by atoms with E-state index in [-0.39, 0.29) is 17.7 Å². The minimum Gasteiger partial charge on any atom is -0.383 e. The van der Waals surface area contributed by atoms with Gasteiger partial charge in [-0.05, 0) is 23.8 Å². The van der Waals surface area contributed by atoms with E-state index in [1.165, 1.54) is 12.4 Å². The molecule has 5 rings (SSSR count). The molecule has 0 aliphatic carbocycles. The quantitative estimate of drug-likeness (QED) is 0.547. The van der Waals surface area contributed by atoms with Crippen molar-refractivity contribution in [1.82, 2.24) is 15.0 Å². The van der Waals surface area contributed by atoms with Gasteiger partial charge in [0.05, 0.1) is 11.2 Å². The Labute approximate surface area is 167 Å². The molecule has 0 saturated heterocycles. The number of nitrogens with zero attached hydrogens (tertiary/aromatic N) is 4. The van der Waals surface area contributed by atoms with E-state index >= 15 is 0 Å². The third kappa shape index (κ3) is 2.76. The molecule has 5 nitrogen and oxygen atoms in total. The van der Waals surface area contributed by atoms with E-state index in [9.17, 15) is 4.39 Å². The lowest BCUT2D eigenvalue weighted by Crippen LogP contribution is -2.26. The van der Waals surface area contributed by atoms with E-state index in [2.05, 4.69) is 21.9 Å². The number of para-hydroxylation sites is 1. The van der Waals surface area contributed by atoms with Crippen molar-refractivity contribution in [1.29, 1.82) is 0 Å². The van der Waals surface area contributed by atoms with Gasteiger partial charge in [0.2, 0.25) is 0 Å². The van der Waals surface area contributed by atoms with Crippen molar-refractivity contribution < 1.29 is 4.39 Å². The number of nitrogen functional groups attached to an aromatic ring is 1. The monoisotopic (exact) mass is 383 g/mol. The summed E-state index contributed by atoms with van der Waals surface area (Å²) in [6.07, 6.45) is 3.18. The molecule has 4 aromatic rings. The first-order valence-corrected chi connectivity index (χ1v) is 9.42. The highest BCUT2D eigenvalue weighted by molar-refractivity contribution is 6.06. The topological polar surface area (TPSA) is 77.0 Å². The van der Waals surface area contributed by atoms with E-state index in [0.29, 0.717) is 22.9 Å². The predicted octanol–water partition coefficient (Wildman–Crippen LogP) is 4.65. The second kappa shape index (κ2) is 6.74. The molecule has 2 unspecified atom stereocenters. The Balaban J connectivity index is 1.77. The van der Waals surface area contributed by atoms with E-state index < -0.39 is 0 Å². The SMILES string of the molecule is CC1C(c2ccccc2F)=Nc2ncccc2C1c1cccc2c(N)ncnc12. The molecule has 0 saturated carbocycles. The largest absolute Gasteiger partial charge is 0.383 e. The summed E-state index contributed by atoms with van der Waals surface area (Å²) in [7, 11) is 0. The molecule has 29 heavy (non-hydrogen) atoms. The van der Waals surface area contributed by atoms with Crippen LogP contribution in [-0.2, 0) is 0 Å². The third-order valence-corrected chi connectivity index (χ3v) is 5.52. The Kier molecular flexibility index (Phi) is 4.05. The van der Waals surface area contributed by atoms with Crippen molar-refractivity contribution in [3.05, 3.63) is 89.6 Å². The zero-order valence-corrected chi connectivity index (χ0v) is 15.7. The van der Waals surface area contributed by atoms with Crippen molar-refractivity contribution in [2.45, 2.75) is 12.8 Å². The molecular formula is C23H18FN5. The number of aliphatic imine (C=N–C) groups is 1. The number of anilines is 1. The number of benzene rings is 2. The average molecular weight is 383 g/mol. The highest BCUT2D eigenvalue weighted by Gasteiger charge is 2.34. The summed E-state index contributed by atoms with van der Waals surface area (Å²) >= 11 is 0. The van der Waals surface area contributed by atoms with Crippen LogP contribution < -0.4 is 5.73 Å². The molecule has 6 heteroatoms. The number of pyridine rings is 1. The van der Waals surface area contributed by atoms with E-state index in [0.717, 1.165) is 22.0 Å². The van der Waals surface area contributed by atoms with Crippen LogP contribution in [0.2, 0.25) is 0 Å². The lowest BCUT2D eigenvalue weighted by Gasteiger charge is -2.31. The molecule has 3 heterocycles. The zero-order valence-electron chi connectivity index (χ0n) is 15.7. The maximum atomic E-state index is 14.6. The molecule has 2 aromatic carbocycles. The first kappa shape index (κ1) is 17.4. The van der Waals surface area contributed by atoms with Gasteiger partial charge < -0.3 is 5.73 Å². The van der Waals surface area contributed by atoms with E-state index in [4.69, 9.17) is 10.7 Å². The van der Waals surface area contributed by atoms with Crippen molar-refractivity contribution in [2.75, 3.05) is 5.73 Å². The highest BCUT2D eigenvalue weighted by atomic mass is 19.1. The molecule has 1 aliphatic rings. The first-order valence-electron chi connectivity index (χ1n) is 9.42. The minimum atomic E-state index is -0.291. The molecular weight excluding hydrogens is 365 g/mol. The van der Waals surface area contributed by atoms with Crippen molar-refractivity contribution in [3.63, 3.8) is 0 Å². The first-order chi connectivity index (χ1) is 14.1. The molecule has 2 aromatic heterocycles. The van der Waals surface area contributed by atoms with Crippen LogP contribution in [0.1, 0.15) is 29.5 Å². The van der Waals surface area contributed by atoms with Crippen LogP contribution in [0.4, 0.5) is 16.0 Å². The molecule has 142 valence electrons. The Morgan fingerprint density at radius 1 is 0.897 bits per heavy atom. The van der Waals surface area contributed by atoms with Gasteiger partial charge in [-0.2, -0.15) is 0 Å². The maximum absolute atomic E-state index is 14.6. The second-order valence-corrected chi connectivity index (χ2v) is 7.16. The lowest BCUT2D eigenvalue weighted by atomic mass is 9.75. The Hall–Kier alpha value is -3.67. The van der Waals surface area contributed by atoms with Crippen LogP contribution in [-0.4, -0.2) is 20.7 Å². The lowest BCUT2D eigenvalue weighted by molar-refractivity contribution is 0.612. The number of halogens is 1. The van der Waals surface area contributed by atoms with Gasteiger partial charge in [-0.3, -0.25) is 0 Å². The molecule has 0 amide bonds. The van der Waals surface area contributed by atoms with Gasteiger partial charge in [-0.25, -0.2) is 24.3 Å². The van der Waals surface area contributed by atoms with Crippen LogP contribution in [0.3, 0.4) is 0 Å². The van der Waals surface area contributed by atoms with Gasteiger partial charge in [0.15, 0.2) is 5.82 Å². The van der Waals surface area contributed by atoms with Gasteiger partial charge >= 0.3 is 0 Å². The van der Waals surface area contributed by atoms with Crippen LogP contribution in [0.15, 0.2) is 72.1 Å². The minimum absolute atomic E-state index is 0.0922. The summed E-state index contributed by atoms with van der Waals surface area (Å²) in [6, 6.07) is 16.6. The Morgan fingerprint density at radius 2 is 1.72 bits per heavy atom. The average Bonchev–Trinajstić information content (AvgIpc) is 2.74. The molecule has 0 bridgehead atoms. The van der Waals surface area contributed by atoms with Gasteiger partial charge in [0, 0.05) is 34.5 Å². The fraction of sp³-hybridized carbons (Fsp3) is 0.130. The van der Waals surface area contributed by atoms with Gasteiger partial charge in [0.25, 0.3) is 0 Å². The van der Waals surface area contributed by atoms with Crippen LogP contribution in [0, 0.1) is 11.7 Å². The highest BCUT2D eigenvalue weighted by Crippen LogP contribution is 2.44. The van der Waals surface area contributed by atoms with Gasteiger partial charge in [0.1, 0.15) is 18.0 Å². The number of hydrogen-bond acceptors (Lipinski definition) is 5. The van der Waals surface area contributed by atoms with Crippen molar-refractivity contribution >= 4 is 28.3 Å². The Morgan fingerprint density at radius 3 is 2.59 bits per heavy atom. The molecule has 0 radical (unpaired) electrons. The van der Waals surface area contributed by atoms with Gasteiger partial charge in [-0.15, -0.1) is 0 Å². The summed E-state index contributed by atoms with van der Waals surface area (Å²) < 4.78 is 14.6. The second-order valence-electron chi connectivity index (χ2n) is 7.16. The molecule has 2 N–H and O–H groups in total. The normalized spacial score (nSPS) is 18.3. The fourth-order valence-electron chi connectivity index (χ4n) is 4.18. The number of rotatable bonds is 2. The fourth-order valence-corrected chi connectivity index (χ4v) is 4.18. The summed E-state index contributed by atoms with van der Waals surface area (Å²) in [5, 5.41) is 0.803. The number of fused-ring (bicyclic) bond motifs is 2. The summed E-state index contributed by atoms with van der Waals surface area (Å²) in [6.45, 7) is 2.06. The van der Waals surface area contributed by atoms with Gasteiger partial charge in [-0.1, -0.05) is 43.3 Å².